The van der Waals surface area contributed by atoms with Gasteiger partial charge < -0.3 is 9.64 Å². The minimum absolute atomic E-state index is 0.359. The summed E-state index contributed by atoms with van der Waals surface area (Å²) < 4.78 is 6.25. The van der Waals surface area contributed by atoms with E-state index in [0.717, 1.165) is 15.7 Å². The summed E-state index contributed by atoms with van der Waals surface area (Å²) in [7, 11) is 0. The smallest absolute Gasteiger partial charge is 0.331 e. The van der Waals surface area contributed by atoms with E-state index >= 15 is 0 Å². The Labute approximate surface area is 147 Å². The quantitative estimate of drug-likeness (QED) is 0.381. The second-order valence-corrected chi connectivity index (χ2v) is 6.97. The van der Waals surface area contributed by atoms with Crippen LogP contribution in [0.15, 0.2) is 54.1 Å². The number of hydrogen-bond acceptors (Lipinski definition) is 3. The second-order valence-electron chi connectivity index (χ2n) is 6.05. The molecular formula is C19H24BrNO2. The Morgan fingerprint density at radius 3 is 2.39 bits per heavy atom. The van der Waals surface area contributed by atoms with Crippen molar-refractivity contribution in [2.45, 2.75) is 26.4 Å². The van der Waals surface area contributed by atoms with Gasteiger partial charge in [0.25, 0.3) is 0 Å². The second kappa shape index (κ2) is 8.73. The Morgan fingerprint density at radius 1 is 1.26 bits per heavy atom. The third kappa shape index (κ3) is 6.87. The van der Waals surface area contributed by atoms with Crippen molar-refractivity contribution in [1.29, 1.82) is 0 Å². The van der Waals surface area contributed by atoms with Gasteiger partial charge in [0.1, 0.15) is 5.60 Å². The van der Waals surface area contributed by atoms with Gasteiger partial charge in [0.15, 0.2) is 0 Å². The van der Waals surface area contributed by atoms with Crippen molar-refractivity contribution in [3.05, 3.63) is 59.6 Å². The first-order valence-corrected chi connectivity index (χ1v) is 8.23. The minimum atomic E-state index is -0.501. The number of esters is 1. The van der Waals surface area contributed by atoms with E-state index in [-0.39, 0.29) is 5.97 Å². The van der Waals surface area contributed by atoms with E-state index in [2.05, 4.69) is 34.0 Å². The van der Waals surface area contributed by atoms with Gasteiger partial charge in [0.2, 0.25) is 0 Å². The maximum Gasteiger partial charge on any atom is 0.331 e. The Hall–Kier alpha value is -1.81. The van der Waals surface area contributed by atoms with Crippen LogP contribution in [0.2, 0.25) is 0 Å². The van der Waals surface area contributed by atoms with Gasteiger partial charge in [0.05, 0.1) is 0 Å². The molecule has 0 heterocycles. The lowest BCUT2D eigenvalue weighted by Crippen LogP contribution is -2.24. The number of anilines is 1. The number of ether oxygens (including phenoxy) is 1. The third-order valence-electron chi connectivity index (χ3n) is 2.83. The molecule has 0 spiro atoms. The number of carbonyl (C=O) groups excluding carboxylic acids is 1. The normalized spacial score (nSPS) is 11.3. The van der Waals surface area contributed by atoms with E-state index in [4.69, 9.17) is 4.74 Å². The fraction of sp³-hybridized carbons (Fsp3) is 0.316. The van der Waals surface area contributed by atoms with Gasteiger partial charge in [-0.1, -0.05) is 28.1 Å². The lowest BCUT2D eigenvalue weighted by Gasteiger charge is -2.24. The summed E-state index contributed by atoms with van der Waals surface area (Å²) in [5, 5.41) is 0. The first-order chi connectivity index (χ1) is 10.8. The first kappa shape index (κ1) is 19.2. The fourth-order valence-corrected chi connectivity index (χ4v) is 2.40. The molecule has 0 aliphatic rings. The van der Waals surface area contributed by atoms with Crippen LogP contribution in [0.3, 0.4) is 0 Å². The maximum absolute atomic E-state index is 11.9. The van der Waals surface area contributed by atoms with Crippen LogP contribution in [0.25, 0.3) is 6.08 Å². The summed E-state index contributed by atoms with van der Waals surface area (Å²) in [6, 6.07) is 5.94. The van der Waals surface area contributed by atoms with Crippen molar-refractivity contribution in [2.24, 2.45) is 0 Å². The van der Waals surface area contributed by atoms with Crippen LogP contribution in [0.4, 0.5) is 5.69 Å². The third-order valence-corrected chi connectivity index (χ3v) is 3.33. The van der Waals surface area contributed by atoms with Crippen molar-refractivity contribution in [1.82, 2.24) is 0 Å². The Kier molecular flexibility index (Phi) is 7.30. The molecule has 1 aromatic rings. The molecule has 0 unspecified atom stereocenters. The summed E-state index contributed by atoms with van der Waals surface area (Å²) in [6.45, 7) is 14.5. The van der Waals surface area contributed by atoms with Gasteiger partial charge in [-0.15, -0.1) is 13.2 Å². The first-order valence-electron chi connectivity index (χ1n) is 7.44. The summed E-state index contributed by atoms with van der Waals surface area (Å²) in [4.78, 5) is 14.0. The van der Waals surface area contributed by atoms with Gasteiger partial charge in [0, 0.05) is 29.3 Å². The van der Waals surface area contributed by atoms with E-state index < -0.39 is 5.60 Å². The maximum atomic E-state index is 11.9. The van der Waals surface area contributed by atoms with Gasteiger partial charge in [-0.25, -0.2) is 4.79 Å². The van der Waals surface area contributed by atoms with E-state index in [9.17, 15) is 4.79 Å². The molecule has 124 valence electrons. The Balaban J connectivity index is 3.09. The number of benzene rings is 1. The standard InChI is InChI=1S/C19H24BrNO2/c1-6-12-21(13-7-2)17-10-9-16(20)14-15(17)8-11-18(22)23-19(3,4)5/h6-11,14H,1-2,12-13H2,3-5H3/b11-8+. The van der Waals surface area contributed by atoms with Crippen LogP contribution in [0.1, 0.15) is 26.3 Å². The molecule has 0 atom stereocenters. The zero-order valence-electron chi connectivity index (χ0n) is 14.0. The van der Waals surface area contributed by atoms with Gasteiger partial charge in [-0.05, 0) is 50.6 Å². The monoisotopic (exact) mass is 377 g/mol. The Bertz CT molecular complexity index is 590. The lowest BCUT2D eigenvalue weighted by atomic mass is 10.1. The summed E-state index contributed by atoms with van der Waals surface area (Å²) in [5.41, 5.74) is 1.43. The predicted molar refractivity (Wildman–Crippen MR) is 102 cm³/mol. The number of nitrogens with zero attached hydrogens (tertiary/aromatic N) is 1. The zero-order valence-corrected chi connectivity index (χ0v) is 15.6. The Morgan fingerprint density at radius 2 is 1.87 bits per heavy atom. The van der Waals surface area contributed by atoms with Crippen molar-refractivity contribution >= 4 is 33.7 Å². The molecule has 23 heavy (non-hydrogen) atoms. The summed E-state index contributed by atoms with van der Waals surface area (Å²) >= 11 is 3.47. The highest BCUT2D eigenvalue weighted by Crippen LogP contribution is 2.26. The van der Waals surface area contributed by atoms with E-state index in [1.807, 2.05) is 51.1 Å². The van der Waals surface area contributed by atoms with Crippen LogP contribution in [-0.4, -0.2) is 24.7 Å². The van der Waals surface area contributed by atoms with Crippen LogP contribution in [0.5, 0.6) is 0 Å². The van der Waals surface area contributed by atoms with Crippen LogP contribution < -0.4 is 4.90 Å². The molecule has 0 aliphatic carbocycles. The molecule has 3 nitrogen and oxygen atoms in total. The topological polar surface area (TPSA) is 29.5 Å². The van der Waals surface area contributed by atoms with Crippen LogP contribution >= 0.6 is 15.9 Å². The van der Waals surface area contributed by atoms with Gasteiger partial charge in [-0.2, -0.15) is 0 Å². The van der Waals surface area contributed by atoms with Gasteiger partial charge in [-0.3, -0.25) is 0 Å². The molecule has 0 fully saturated rings. The highest BCUT2D eigenvalue weighted by molar-refractivity contribution is 9.10. The lowest BCUT2D eigenvalue weighted by molar-refractivity contribution is -0.148. The zero-order chi connectivity index (χ0) is 17.5. The van der Waals surface area contributed by atoms with Crippen LogP contribution in [0, 0.1) is 0 Å². The number of hydrogen-bond donors (Lipinski definition) is 0. The molecule has 1 rings (SSSR count). The minimum Gasteiger partial charge on any atom is -0.457 e. The SMILES string of the molecule is C=CCN(CC=C)c1ccc(Br)cc1/C=C/C(=O)OC(C)(C)C. The van der Waals surface area contributed by atoms with Gasteiger partial charge >= 0.3 is 5.97 Å². The summed E-state index contributed by atoms with van der Waals surface area (Å²) in [5.74, 6) is -0.359. The fourth-order valence-electron chi connectivity index (χ4n) is 2.02. The molecular weight excluding hydrogens is 354 g/mol. The van der Waals surface area contributed by atoms with E-state index in [1.54, 1.807) is 6.08 Å². The summed E-state index contributed by atoms with van der Waals surface area (Å²) in [6.07, 6.45) is 6.91. The molecule has 0 radical (unpaired) electrons. The largest absolute Gasteiger partial charge is 0.457 e. The highest BCUT2D eigenvalue weighted by Gasteiger charge is 2.14. The molecule has 0 bridgehead atoms. The molecule has 0 saturated carbocycles. The number of carbonyl (C=O) groups is 1. The molecule has 4 heteroatoms. The number of halogens is 1. The predicted octanol–water partition coefficient (Wildman–Crippen LogP) is 4.98. The van der Waals surface area contributed by atoms with Crippen molar-refractivity contribution in [3.8, 4) is 0 Å². The molecule has 0 saturated heterocycles. The molecule has 0 amide bonds. The number of rotatable bonds is 7. The average molecular weight is 378 g/mol. The molecule has 1 aromatic carbocycles. The average Bonchev–Trinajstić information content (AvgIpc) is 2.43. The molecule has 0 aliphatic heterocycles. The van der Waals surface area contributed by atoms with E-state index in [0.29, 0.717) is 13.1 Å². The highest BCUT2D eigenvalue weighted by atomic mass is 79.9. The van der Waals surface area contributed by atoms with Crippen molar-refractivity contribution in [2.75, 3.05) is 18.0 Å². The van der Waals surface area contributed by atoms with E-state index in [1.165, 1.54) is 6.08 Å². The van der Waals surface area contributed by atoms with Crippen molar-refractivity contribution < 1.29 is 9.53 Å². The molecule has 0 N–H and O–H groups in total. The van der Waals surface area contributed by atoms with Crippen LogP contribution in [-0.2, 0) is 9.53 Å². The van der Waals surface area contributed by atoms with Crippen molar-refractivity contribution in [3.63, 3.8) is 0 Å². The molecule has 0 aromatic heterocycles.